The zero-order chi connectivity index (χ0) is 26.0. The molecule has 1 atom stereocenters. The molecular formula is C29H29F3N2O2S. The Morgan fingerprint density at radius 1 is 0.838 bits per heavy atom. The third-order valence-corrected chi connectivity index (χ3v) is 9.22. The Kier molecular flexibility index (Phi) is 7.14. The molecule has 0 heterocycles. The molecule has 2 aliphatic rings. The summed E-state index contributed by atoms with van der Waals surface area (Å²) in [6.07, 6.45) is 0.585. The number of nitrogens with zero attached hydrogens (tertiary/aromatic N) is 1. The third-order valence-electron chi connectivity index (χ3n) is 7.14. The second kappa shape index (κ2) is 10.3. The quantitative estimate of drug-likeness (QED) is 0.395. The van der Waals surface area contributed by atoms with Crippen molar-refractivity contribution in [2.75, 3.05) is 7.05 Å². The maximum absolute atomic E-state index is 13.6. The number of hydrogen-bond donors (Lipinski definition) is 1. The summed E-state index contributed by atoms with van der Waals surface area (Å²) >= 11 is 0. The van der Waals surface area contributed by atoms with Crippen LogP contribution in [0.5, 0.6) is 5.75 Å². The molecule has 0 aliphatic heterocycles. The van der Waals surface area contributed by atoms with Crippen LogP contribution >= 0.6 is 0 Å². The van der Waals surface area contributed by atoms with Crippen molar-refractivity contribution < 1.29 is 22.1 Å². The average molecular weight is 527 g/mol. The highest BCUT2D eigenvalue weighted by Gasteiger charge is 2.31. The van der Waals surface area contributed by atoms with E-state index < -0.39 is 16.3 Å². The van der Waals surface area contributed by atoms with Crippen LogP contribution in [0.25, 0.3) is 5.57 Å². The molecule has 5 rings (SSSR count). The zero-order valence-corrected chi connectivity index (χ0v) is 21.4. The van der Waals surface area contributed by atoms with Crippen LogP contribution in [0.3, 0.4) is 0 Å². The van der Waals surface area contributed by atoms with E-state index in [0.29, 0.717) is 4.90 Å². The molecule has 3 aromatic carbocycles. The van der Waals surface area contributed by atoms with Crippen molar-refractivity contribution in [1.82, 2.24) is 4.72 Å². The van der Waals surface area contributed by atoms with Crippen LogP contribution in [0.1, 0.15) is 47.9 Å². The number of benzene rings is 3. The molecule has 0 spiro atoms. The van der Waals surface area contributed by atoms with Gasteiger partial charge in [-0.15, -0.1) is 13.2 Å². The first-order valence-corrected chi connectivity index (χ1v) is 13.9. The van der Waals surface area contributed by atoms with Crippen molar-refractivity contribution in [3.63, 3.8) is 0 Å². The first kappa shape index (κ1) is 25.5. The van der Waals surface area contributed by atoms with Gasteiger partial charge >= 0.3 is 6.36 Å². The fourth-order valence-corrected chi connectivity index (χ4v) is 7.02. The fourth-order valence-electron chi connectivity index (χ4n) is 5.37. The van der Waals surface area contributed by atoms with Gasteiger partial charge in [0.25, 0.3) is 0 Å². The molecule has 0 bridgehead atoms. The molecule has 1 N–H and O–H groups in total. The lowest BCUT2D eigenvalue weighted by Gasteiger charge is -2.29. The highest BCUT2D eigenvalue weighted by molar-refractivity contribution is 7.91. The first-order valence-electron chi connectivity index (χ1n) is 12.4. The first-order chi connectivity index (χ1) is 17.8. The molecule has 194 valence electrons. The normalized spacial score (nSPS) is 19.3. The summed E-state index contributed by atoms with van der Waals surface area (Å²) in [5.74, 6) is -0.355. The summed E-state index contributed by atoms with van der Waals surface area (Å²) in [7, 11) is -1.53. The Morgan fingerprint density at radius 3 is 1.89 bits per heavy atom. The van der Waals surface area contributed by atoms with Gasteiger partial charge < -0.3 is 4.74 Å². The van der Waals surface area contributed by atoms with Gasteiger partial charge in [-0.2, -0.15) is 0 Å². The zero-order valence-electron chi connectivity index (χ0n) is 20.6. The molecule has 1 unspecified atom stereocenters. The van der Waals surface area contributed by atoms with E-state index in [2.05, 4.69) is 62.4 Å². The highest BCUT2D eigenvalue weighted by atomic mass is 32.2. The SMILES string of the molecule is CN=S(=O)(NC1CCC(=C2c3ccccc3CCc3ccccc32)CC1)c1ccc(OC(F)(F)F)cc1. The van der Waals surface area contributed by atoms with Crippen LogP contribution < -0.4 is 9.46 Å². The van der Waals surface area contributed by atoms with E-state index in [1.807, 2.05) is 0 Å². The van der Waals surface area contributed by atoms with Gasteiger partial charge in [0.15, 0.2) is 0 Å². The van der Waals surface area contributed by atoms with Gasteiger partial charge in [0.2, 0.25) is 0 Å². The molecule has 2 aliphatic carbocycles. The van der Waals surface area contributed by atoms with E-state index in [4.69, 9.17) is 0 Å². The van der Waals surface area contributed by atoms with Crippen LogP contribution in [0.2, 0.25) is 0 Å². The number of fused-ring (bicyclic) bond motifs is 2. The highest BCUT2D eigenvalue weighted by Crippen LogP contribution is 2.40. The monoisotopic (exact) mass is 526 g/mol. The van der Waals surface area contributed by atoms with E-state index in [9.17, 15) is 17.4 Å². The summed E-state index contributed by atoms with van der Waals surface area (Å²) in [4.78, 5) is 0.334. The predicted molar refractivity (Wildman–Crippen MR) is 140 cm³/mol. The number of ether oxygens (including phenoxy) is 1. The van der Waals surface area contributed by atoms with Crippen molar-refractivity contribution in [3.05, 3.63) is 101 Å². The number of rotatable bonds is 4. The Bertz CT molecular complexity index is 1380. The number of alkyl halides is 3. The number of aryl methyl sites for hydroxylation is 2. The van der Waals surface area contributed by atoms with Crippen molar-refractivity contribution >= 4 is 15.5 Å². The van der Waals surface area contributed by atoms with Crippen LogP contribution in [0.4, 0.5) is 13.2 Å². The molecule has 37 heavy (non-hydrogen) atoms. The fraction of sp³-hybridized carbons (Fsp3) is 0.310. The number of nitrogens with one attached hydrogen (secondary N) is 1. The van der Waals surface area contributed by atoms with E-state index in [0.717, 1.165) is 38.5 Å². The Hall–Kier alpha value is -3.10. The number of halogens is 3. The summed E-state index contributed by atoms with van der Waals surface area (Å²) in [6.45, 7) is 0. The van der Waals surface area contributed by atoms with Crippen molar-refractivity contribution in [2.45, 2.75) is 55.8 Å². The number of allylic oxidation sites excluding steroid dienone is 1. The molecule has 8 heteroatoms. The standard InChI is InChI=1S/C29H29F3N2O2S/c1-33-37(35,25-18-16-24(17-19-25)36-29(30,31)32)34-23-14-12-22(13-15-23)28-26-8-4-2-6-20(26)10-11-21-7-3-5-9-27(21)28/h2-9,16-19,23H,10-15H2,1H3,(H,33,34,35). The van der Waals surface area contributed by atoms with E-state index >= 15 is 0 Å². The lowest BCUT2D eigenvalue weighted by atomic mass is 9.82. The minimum absolute atomic E-state index is 0.0251. The molecule has 3 aromatic rings. The summed E-state index contributed by atoms with van der Waals surface area (Å²) in [6, 6.07) is 22.3. The summed E-state index contributed by atoms with van der Waals surface area (Å²) in [5.41, 5.74) is 8.10. The van der Waals surface area contributed by atoms with Gasteiger partial charge in [-0.1, -0.05) is 54.1 Å². The third kappa shape index (κ3) is 5.60. The molecule has 0 aromatic heterocycles. The lowest BCUT2D eigenvalue weighted by Crippen LogP contribution is -2.36. The number of hydrogen-bond acceptors (Lipinski definition) is 3. The second-order valence-electron chi connectivity index (χ2n) is 9.41. The molecule has 4 nitrogen and oxygen atoms in total. The van der Waals surface area contributed by atoms with Crippen LogP contribution in [-0.4, -0.2) is 23.7 Å². The predicted octanol–water partition coefficient (Wildman–Crippen LogP) is 7.09. The van der Waals surface area contributed by atoms with Crippen LogP contribution in [0.15, 0.2) is 87.6 Å². The Labute approximate surface area is 215 Å². The molecular weight excluding hydrogens is 497 g/mol. The van der Waals surface area contributed by atoms with Crippen molar-refractivity contribution in [1.29, 1.82) is 0 Å². The van der Waals surface area contributed by atoms with Gasteiger partial charge in [-0.25, -0.2) is 13.3 Å². The molecule has 0 amide bonds. The maximum atomic E-state index is 13.6. The molecule has 1 fully saturated rings. The van der Waals surface area contributed by atoms with E-state index in [1.165, 1.54) is 64.7 Å². The van der Waals surface area contributed by atoms with Gasteiger partial charge in [0, 0.05) is 13.1 Å². The Morgan fingerprint density at radius 2 is 1.38 bits per heavy atom. The second-order valence-corrected chi connectivity index (χ2v) is 11.5. The van der Waals surface area contributed by atoms with Crippen LogP contribution in [-0.2, 0) is 22.8 Å². The van der Waals surface area contributed by atoms with Gasteiger partial charge in [-0.3, -0.25) is 0 Å². The lowest BCUT2D eigenvalue weighted by molar-refractivity contribution is -0.274. The van der Waals surface area contributed by atoms with E-state index in [1.54, 1.807) is 0 Å². The van der Waals surface area contributed by atoms with E-state index in [-0.39, 0.29) is 11.8 Å². The minimum atomic E-state index is -4.77. The van der Waals surface area contributed by atoms with Crippen molar-refractivity contribution in [3.8, 4) is 5.75 Å². The summed E-state index contributed by atoms with van der Waals surface area (Å²) in [5, 5.41) is 0. The smallest absolute Gasteiger partial charge is 0.406 e. The van der Waals surface area contributed by atoms with Crippen LogP contribution in [0, 0.1) is 0 Å². The maximum Gasteiger partial charge on any atom is 0.573 e. The molecule has 0 radical (unpaired) electrons. The van der Waals surface area contributed by atoms with Gasteiger partial charge in [-0.05, 0) is 90.6 Å². The minimum Gasteiger partial charge on any atom is -0.406 e. The average Bonchev–Trinajstić information content (AvgIpc) is 3.06. The Balaban J connectivity index is 1.37. The van der Waals surface area contributed by atoms with Crippen molar-refractivity contribution in [2.24, 2.45) is 4.36 Å². The topological polar surface area (TPSA) is 50.7 Å². The van der Waals surface area contributed by atoms with Gasteiger partial charge in [0.05, 0.1) is 4.90 Å². The largest absolute Gasteiger partial charge is 0.573 e. The van der Waals surface area contributed by atoms with Gasteiger partial charge in [0.1, 0.15) is 15.7 Å². The molecule has 1 saturated carbocycles. The summed E-state index contributed by atoms with van der Waals surface area (Å²) < 4.78 is 62.4. The molecule has 0 saturated heterocycles.